The van der Waals surface area contributed by atoms with Gasteiger partial charge in [0.25, 0.3) is 5.91 Å². The lowest BCUT2D eigenvalue weighted by Crippen LogP contribution is -2.51. The number of amides is 3. The molecule has 10 heteroatoms. The Morgan fingerprint density at radius 1 is 1.02 bits per heavy atom. The van der Waals surface area contributed by atoms with Crippen molar-refractivity contribution < 1.29 is 14.4 Å². The van der Waals surface area contributed by atoms with E-state index in [2.05, 4.69) is 22.6 Å². The number of likely N-dealkylation sites (N-methyl/N-ethyl adjacent to an activating group) is 1. The molecular formula is C30H38N6O3S. The molecule has 9 nitrogen and oxygen atoms in total. The summed E-state index contributed by atoms with van der Waals surface area (Å²) in [4.78, 5) is 47.0. The molecule has 0 spiro atoms. The van der Waals surface area contributed by atoms with Crippen molar-refractivity contribution in [1.29, 1.82) is 0 Å². The summed E-state index contributed by atoms with van der Waals surface area (Å²) in [5.41, 5.74) is 3.92. The number of nitrogens with one attached hydrogen (secondary N) is 2. The van der Waals surface area contributed by atoms with E-state index in [1.807, 2.05) is 59.2 Å². The average molecular weight is 563 g/mol. The van der Waals surface area contributed by atoms with Gasteiger partial charge in [-0.1, -0.05) is 18.2 Å². The van der Waals surface area contributed by atoms with Crippen molar-refractivity contribution in [3.05, 3.63) is 59.2 Å². The van der Waals surface area contributed by atoms with Crippen LogP contribution >= 0.6 is 12.2 Å². The molecule has 0 saturated carbocycles. The normalized spacial score (nSPS) is 19.9. The lowest BCUT2D eigenvalue weighted by atomic mass is 10.0. The van der Waals surface area contributed by atoms with Gasteiger partial charge in [-0.15, -0.1) is 0 Å². The second-order valence-electron chi connectivity index (χ2n) is 10.9. The molecule has 40 heavy (non-hydrogen) atoms. The number of nitrogens with zero attached hydrogens (tertiary/aromatic N) is 4. The third-order valence-corrected chi connectivity index (χ3v) is 8.50. The SMILES string of the molecule is Cc1cc(C(=O)N2CCC(=O)Nc3ccccc32)ccc1CNC(=S)N1CCC[C@H]1C(=O)N1CCCN(C)CC1. The monoisotopic (exact) mass is 562 g/mol. The van der Waals surface area contributed by atoms with E-state index in [0.29, 0.717) is 35.1 Å². The first-order valence-corrected chi connectivity index (χ1v) is 14.5. The topological polar surface area (TPSA) is 88.2 Å². The third kappa shape index (κ3) is 6.13. The molecule has 0 radical (unpaired) electrons. The van der Waals surface area contributed by atoms with Gasteiger partial charge in [0.05, 0.1) is 11.4 Å². The number of fused-ring (bicyclic) bond motifs is 1. The molecule has 1 atom stereocenters. The number of likely N-dealkylation sites (tertiary alicyclic amines) is 1. The summed E-state index contributed by atoms with van der Waals surface area (Å²) in [5, 5.41) is 6.84. The maximum Gasteiger partial charge on any atom is 0.258 e. The van der Waals surface area contributed by atoms with Gasteiger partial charge < -0.3 is 30.2 Å². The van der Waals surface area contributed by atoms with E-state index in [0.717, 1.165) is 63.1 Å². The number of hydrogen-bond donors (Lipinski definition) is 2. The number of aryl methyl sites for hydroxylation is 1. The second-order valence-corrected chi connectivity index (χ2v) is 11.3. The summed E-state index contributed by atoms with van der Waals surface area (Å²) >= 11 is 5.75. The van der Waals surface area contributed by atoms with Gasteiger partial charge in [-0.25, -0.2) is 0 Å². The molecule has 0 aromatic heterocycles. The number of hydrogen-bond acceptors (Lipinski definition) is 5. The maximum absolute atomic E-state index is 13.5. The van der Waals surface area contributed by atoms with Crippen molar-refractivity contribution in [2.75, 3.05) is 56.5 Å². The van der Waals surface area contributed by atoms with Crippen LogP contribution in [0.5, 0.6) is 0 Å². The minimum Gasteiger partial charge on any atom is -0.358 e. The first kappa shape index (κ1) is 28.0. The number of para-hydroxylation sites is 2. The van der Waals surface area contributed by atoms with E-state index >= 15 is 0 Å². The number of rotatable bonds is 4. The number of thiocarbonyl (C=S) groups is 1. The first-order chi connectivity index (χ1) is 19.3. The molecule has 0 unspecified atom stereocenters. The van der Waals surface area contributed by atoms with E-state index in [1.54, 1.807) is 4.90 Å². The molecule has 2 fully saturated rings. The standard InChI is InChI=1S/C30H38N6O3S/c1-21-19-22(28(38)35-16-12-27(37)32-24-7-3-4-8-25(24)35)10-11-23(21)20-31-30(40)36-15-5-9-26(36)29(39)34-14-6-13-33(2)17-18-34/h3-4,7-8,10-11,19,26H,5-6,9,12-18,20H2,1-2H3,(H,31,40)(H,32,37)/t26-/m0/s1. The number of carbonyl (C=O) groups excluding carboxylic acids is 3. The first-order valence-electron chi connectivity index (χ1n) is 14.1. The highest BCUT2D eigenvalue weighted by atomic mass is 32.1. The van der Waals surface area contributed by atoms with E-state index in [1.165, 1.54) is 0 Å². The summed E-state index contributed by atoms with van der Waals surface area (Å²) in [6.07, 6.45) is 3.01. The van der Waals surface area contributed by atoms with Crippen LogP contribution in [0.15, 0.2) is 42.5 Å². The maximum atomic E-state index is 13.5. The average Bonchev–Trinajstić information content (AvgIpc) is 3.25. The number of anilines is 2. The van der Waals surface area contributed by atoms with Crippen molar-refractivity contribution in [3.63, 3.8) is 0 Å². The van der Waals surface area contributed by atoms with Crippen LogP contribution in [0.1, 0.15) is 47.2 Å². The molecule has 0 bridgehead atoms. The molecule has 3 aliphatic rings. The molecule has 3 aliphatic heterocycles. The Balaban J connectivity index is 1.22. The van der Waals surface area contributed by atoms with Crippen LogP contribution in [-0.4, -0.2) is 89.9 Å². The van der Waals surface area contributed by atoms with Crippen molar-refractivity contribution in [2.45, 2.75) is 45.2 Å². The van der Waals surface area contributed by atoms with Gasteiger partial charge in [0.15, 0.2) is 5.11 Å². The van der Waals surface area contributed by atoms with Crippen LogP contribution in [0.4, 0.5) is 11.4 Å². The minimum atomic E-state index is -0.206. The molecule has 2 aromatic carbocycles. The lowest BCUT2D eigenvalue weighted by Gasteiger charge is -2.31. The highest BCUT2D eigenvalue weighted by molar-refractivity contribution is 7.80. The van der Waals surface area contributed by atoms with Gasteiger partial charge in [-0.3, -0.25) is 14.4 Å². The smallest absolute Gasteiger partial charge is 0.258 e. The van der Waals surface area contributed by atoms with E-state index < -0.39 is 0 Å². The summed E-state index contributed by atoms with van der Waals surface area (Å²) in [6.45, 7) is 7.07. The molecule has 2 saturated heterocycles. The Morgan fingerprint density at radius 2 is 1.85 bits per heavy atom. The van der Waals surface area contributed by atoms with Crippen molar-refractivity contribution in [3.8, 4) is 0 Å². The lowest BCUT2D eigenvalue weighted by molar-refractivity contribution is -0.134. The summed E-state index contributed by atoms with van der Waals surface area (Å²) in [6, 6.07) is 12.8. The van der Waals surface area contributed by atoms with Crippen LogP contribution in [0.3, 0.4) is 0 Å². The quantitative estimate of drug-likeness (QED) is 0.554. The highest BCUT2D eigenvalue weighted by Crippen LogP contribution is 2.30. The van der Waals surface area contributed by atoms with E-state index in [9.17, 15) is 14.4 Å². The van der Waals surface area contributed by atoms with Gasteiger partial charge in [0, 0.05) is 51.3 Å². The van der Waals surface area contributed by atoms with E-state index in [-0.39, 0.29) is 30.2 Å². The Kier molecular flexibility index (Phi) is 8.66. The molecule has 212 valence electrons. The van der Waals surface area contributed by atoms with Crippen LogP contribution in [-0.2, 0) is 16.1 Å². The fourth-order valence-corrected chi connectivity index (χ4v) is 6.06. The Hall–Kier alpha value is -3.50. The molecular weight excluding hydrogens is 524 g/mol. The number of benzene rings is 2. The molecule has 3 heterocycles. The Labute approximate surface area is 241 Å². The van der Waals surface area contributed by atoms with Crippen molar-refractivity contribution >= 4 is 46.4 Å². The molecule has 2 N–H and O–H groups in total. The largest absolute Gasteiger partial charge is 0.358 e. The predicted octanol–water partition coefficient (Wildman–Crippen LogP) is 2.99. The predicted molar refractivity (Wildman–Crippen MR) is 160 cm³/mol. The number of carbonyl (C=O) groups is 3. The van der Waals surface area contributed by atoms with Gasteiger partial charge in [-0.05, 0) is 87.4 Å². The highest BCUT2D eigenvalue weighted by Gasteiger charge is 2.35. The minimum absolute atomic E-state index is 0.0997. The van der Waals surface area contributed by atoms with Gasteiger partial charge >= 0.3 is 0 Å². The van der Waals surface area contributed by atoms with Crippen LogP contribution < -0.4 is 15.5 Å². The zero-order valence-electron chi connectivity index (χ0n) is 23.3. The Bertz CT molecular complexity index is 1300. The molecule has 5 rings (SSSR count). The zero-order valence-corrected chi connectivity index (χ0v) is 24.1. The zero-order chi connectivity index (χ0) is 28.2. The second kappa shape index (κ2) is 12.3. The fourth-order valence-electron chi connectivity index (χ4n) is 5.77. The van der Waals surface area contributed by atoms with Crippen molar-refractivity contribution in [2.24, 2.45) is 0 Å². The van der Waals surface area contributed by atoms with Gasteiger partial charge in [0.1, 0.15) is 6.04 Å². The van der Waals surface area contributed by atoms with E-state index in [4.69, 9.17) is 12.2 Å². The van der Waals surface area contributed by atoms with Gasteiger partial charge in [0.2, 0.25) is 11.8 Å². The molecule has 0 aliphatic carbocycles. The van der Waals surface area contributed by atoms with Crippen LogP contribution in [0.2, 0.25) is 0 Å². The van der Waals surface area contributed by atoms with Gasteiger partial charge in [-0.2, -0.15) is 0 Å². The summed E-state index contributed by atoms with van der Waals surface area (Å²) < 4.78 is 0. The van der Waals surface area contributed by atoms with Crippen LogP contribution in [0.25, 0.3) is 0 Å². The third-order valence-electron chi connectivity index (χ3n) is 8.13. The van der Waals surface area contributed by atoms with Crippen LogP contribution in [0, 0.1) is 6.92 Å². The summed E-state index contributed by atoms with van der Waals surface area (Å²) in [7, 11) is 2.10. The fraction of sp³-hybridized carbons (Fsp3) is 0.467. The van der Waals surface area contributed by atoms with Crippen molar-refractivity contribution in [1.82, 2.24) is 20.0 Å². The Morgan fingerprint density at radius 3 is 2.67 bits per heavy atom. The molecule has 2 aromatic rings. The summed E-state index contributed by atoms with van der Waals surface area (Å²) in [5.74, 6) is -0.0551. The molecule has 3 amide bonds.